The summed E-state index contributed by atoms with van der Waals surface area (Å²) in [6.07, 6.45) is 1.17. The minimum absolute atomic E-state index is 0.0659. The molecule has 1 heterocycles. The summed E-state index contributed by atoms with van der Waals surface area (Å²) in [5.74, 6) is -0.0659. The third-order valence-corrected chi connectivity index (χ3v) is 4.49. The van der Waals surface area contributed by atoms with Crippen molar-refractivity contribution in [2.75, 3.05) is 0 Å². The number of carbonyl (C=O) groups is 1. The van der Waals surface area contributed by atoms with Gasteiger partial charge < -0.3 is 0 Å². The number of thiophene rings is 1. The number of hydrogen-bond acceptors (Lipinski definition) is 3. The highest BCUT2D eigenvalue weighted by atomic mass is 79.9. The van der Waals surface area contributed by atoms with Gasteiger partial charge in [0.25, 0.3) is 0 Å². The Kier molecular flexibility index (Phi) is 5.49. The van der Waals surface area contributed by atoms with Crippen molar-refractivity contribution in [1.29, 1.82) is 0 Å². The number of hydrazone groups is 1. The Morgan fingerprint density at radius 1 is 1.25 bits per heavy atom. The fourth-order valence-corrected chi connectivity index (χ4v) is 3.00. The predicted octanol–water partition coefficient (Wildman–Crippen LogP) is 3.98. The van der Waals surface area contributed by atoms with E-state index in [1.165, 1.54) is 0 Å². The molecule has 1 N–H and O–H groups in total. The lowest BCUT2D eigenvalue weighted by atomic mass is 10.1. The number of halogens is 1. The summed E-state index contributed by atoms with van der Waals surface area (Å²) in [5, 5.41) is 4.13. The molecule has 0 radical (unpaired) electrons. The van der Waals surface area contributed by atoms with E-state index >= 15 is 0 Å². The predicted molar refractivity (Wildman–Crippen MR) is 87.1 cm³/mol. The number of hydrogen-bond donors (Lipinski definition) is 1. The van der Waals surface area contributed by atoms with Gasteiger partial charge in [-0.2, -0.15) is 5.10 Å². The van der Waals surface area contributed by atoms with Gasteiger partial charge in [0, 0.05) is 6.42 Å². The number of amides is 1. The smallest absolute Gasteiger partial charge is 0.240 e. The van der Waals surface area contributed by atoms with E-state index in [-0.39, 0.29) is 5.91 Å². The molecule has 0 saturated carbocycles. The average molecular weight is 351 g/mol. The van der Waals surface area contributed by atoms with Crippen molar-refractivity contribution in [3.63, 3.8) is 0 Å². The van der Waals surface area contributed by atoms with E-state index in [1.807, 2.05) is 49.4 Å². The van der Waals surface area contributed by atoms with Gasteiger partial charge in [0.15, 0.2) is 0 Å². The van der Waals surface area contributed by atoms with Gasteiger partial charge in [-0.1, -0.05) is 30.3 Å². The first-order chi connectivity index (χ1) is 9.65. The first-order valence-electron chi connectivity index (χ1n) is 6.28. The van der Waals surface area contributed by atoms with E-state index in [2.05, 4.69) is 26.5 Å². The molecule has 0 atom stereocenters. The molecular formula is C15H15BrN2OS. The van der Waals surface area contributed by atoms with E-state index in [1.54, 1.807) is 11.3 Å². The van der Waals surface area contributed by atoms with Crippen LogP contribution in [0.15, 0.2) is 51.4 Å². The van der Waals surface area contributed by atoms with E-state index in [9.17, 15) is 4.79 Å². The highest BCUT2D eigenvalue weighted by Crippen LogP contribution is 2.22. The third kappa shape index (κ3) is 4.58. The van der Waals surface area contributed by atoms with Crippen molar-refractivity contribution in [3.05, 3.63) is 56.7 Å². The molecule has 0 aliphatic heterocycles. The molecule has 104 valence electrons. The standard InChI is InChI=1S/C15H15BrN2OS/c1-11(13-8-9-14(16)20-13)17-18-15(19)10-7-12-5-3-2-4-6-12/h2-6,8-9H,7,10H2,1H3,(H,18,19)/b17-11+. The summed E-state index contributed by atoms with van der Waals surface area (Å²) in [6.45, 7) is 1.88. The van der Waals surface area contributed by atoms with Crippen LogP contribution in [0.25, 0.3) is 0 Å². The second-order valence-corrected chi connectivity index (χ2v) is 6.78. The van der Waals surface area contributed by atoms with Gasteiger partial charge in [0.05, 0.1) is 14.4 Å². The van der Waals surface area contributed by atoms with Crippen LogP contribution in [0.3, 0.4) is 0 Å². The van der Waals surface area contributed by atoms with Gasteiger partial charge in [-0.3, -0.25) is 4.79 Å². The van der Waals surface area contributed by atoms with Crippen molar-refractivity contribution in [2.24, 2.45) is 5.10 Å². The first kappa shape index (κ1) is 14.9. The van der Waals surface area contributed by atoms with Crippen LogP contribution >= 0.6 is 27.3 Å². The van der Waals surface area contributed by atoms with Gasteiger partial charge in [-0.05, 0) is 47.0 Å². The van der Waals surface area contributed by atoms with Gasteiger partial charge in [0.1, 0.15) is 0 Å². The molecule has 2 rings (SSSR count). The zero-order chi connectivity index (χ0) is 14.4. The molecule has 0 fully saturated rings. The van der Waals surface area contributed by atoms with Gasteiger partial charge in [-0.25, -0.2) is 5.43 Å². The second-order valence-electron chi connectivity index (χ2n) is 4.32. The zero-order valence-corrected chi connectivity index (χ0v) is 13.5. The Morgan fingerprint density at radius 2 is 2.00 bits per heavy atom. The molecule has 3 nitrogen and oxygen atoms in total. The van der Waals surface area contributed by atoms with Crippen molar-refractivity contribution in [3.8, 4) is 0 Å². The van der Waals surface area contributed by atoms with Crippen LogP contribution in [0.4, 0.5) is 0 Å². The van der Waals surface area contributed by atoms with Crippen molar-refractivity contribution >= 4 is 38.9 Å². The summed E-state index contributed by atoms with van der Waals surface area (Å²) < 4.78 is 1.05. The number of carbonyl (C=O) groups excluding carboxylic acids is 1. The molecule has 0 aliphatic carbocycles. The van der Waals surface area contributed by atoms with Crippen molar-refractivity contribution in [2.45, 2.75) is 19.8 Å². The van der Waals surface area contributed by atoms with Gasteiger partial charge in [0.2, 0.25) is 5.91 Å². The number of aryl methyl sites for hydroxylation is 1. The minimum atomic E-state index is -0.0659. The average Bonchev–Trinajstić information content (AvgIpc) is 2.90. The van der Waals surface area contributed by atoms with Crippen LogP contribution in [-0.4, -0.2) is 11.6 Å². The highest BCUT2D eigenvalue weighted by molar-refractivity contribution is 9.11. The molecule has 0 saturated heterocycles. The SMILES string of the molecule is C/C(=N\NC(=O)CCc1ccccc1)c1ccc(Br)s1. The van der Waals surface area contributed by atoms with Crippen LogP contribution < -0.4 is 5.43 Å². The van der Waals surface area contributed by atoms with Crippen LogP contribution in [0, 0.1) is 0 Å². The monoisotopic (exact) mass is 350 g/mol. The normalized spacial score (nSPS) is 11.4. The van der Waals surface area contributed by atoms with Crippen LogP contribution in [0.2, 0.25) is 0 Å². The minimum Gasteiger partial charge on any atom is -0.273 e. The van der Waals surface area contributed by atoms with E-state index in [4.69, 9.17) is 0 Å². The Bertz CT molecular complexity index is 607. The molecule has 0 bridgehead atoms. The molecule has 5 heteroatoms. The third-order valence-electron chi connectivity index (χ3n) is 2.76. The topological polar surface area (TPSA) is 41.5 Å². The fourth-order valence-electron chi connectivity index (χ4n) is 1.67. The Hall–Kier alpha value is -1.46. The van der Waals surface area contributed by atoms with Crippen LogP contribution in [-0.2, 0) is 11.2 Å². The van der Waals surface area contributed by atoms with Crippen LogP contribution in [0.5, 0.6) is 0 Å². The van der Waals surface area contributed by atoms with Crippen LogP contribution in [0.1, 0.15) is 23.8 Å². The largest absolute Gasteiger partial charge is 0.273 e. The lowest BCUT2D eigenvalue weighted by Crippen LogP contribution is -2.19. The number of rotatable bonds is 5. The summed E-state index contributed by atoms with van der Waals surface area (Å²) in [5.41, 5.74) is 4.57. The number of nitrogens with one attached hydrogen (secondary N) is 1. The summed E-state index contributed by atoms with van der Waals surface area (Å²) in [7, 11) is 0. The van der Waals surface area contributed by atoms with Gasteiger partial charge >= 0.3 is 0 Å². The van der Waals surface area contributed by atoms with E-state index < -0.39 is 0 Å². The molecule has 0 aliphatic rings. The maximum absolute atomic E-state index is 11.7. The zero-order valence-electron chi connectivity index (χ0n) is 11.1. The second kappa shape index (κ2) is 7.36. The maximum atomic E-state index is 11.7. The molecule has 1 aromatic heterocycles. The molecule has 20 heavy (non-hydrogen) atoms. The lowest BCUT2D eigenvalue weighted by Gasteiger charge is -2.02. The Balaban J connectivity index is 1.83. The molecule has 2 aromatic rings. The van der Waals surface area contributed by atoms with Gasteiger partial charge in [-0.15, -0.1) is 11.3 Å². The Morgan fingerprint density at radius 3 is 2.65 bits per heavy atom. The summed E-state index contributed by atoms with van der Waals surface area (Å²) in [6, 6.07) is 13.9. The number of nitrogens with zero attached hydrogens (tertiary/aromatic N) is 1. The first-order valence-corrected chi connectivity index (χ1v) is 7.89. The van der Waals surface area contributed by atoms with Crippen molar-refractivity contribution in [1.82, 2.24) is 5.43 Å². The lowest BCUT2D eigenvalue weighted by molar-refractivity contribution is -0.121. The number of benzene rings is 1. The Labute approximate surface area is 130 Å². The summed E-state index contributed by atoms with van der Waals surface area (Å²) >= 11 is 5.00. The quantitative estimate of drug-likeness (QED) is 0.642. The molecule has 0 spiro atoms. The van der Waals surface area contributed by atoms with E-state index in [0.717, 1.165) is 26.4 Å². The molecular weight excluding hydrogens is 336 g/mol. The highest BCUT2D eigenvalue weighted by Gasteiger charge is 2.04. The maximum Gasteiger partial charge on any atom is 0.240 e. The van der Waals surface area contributed by atoms with E-state index in [0.29, 0.717) is 6.42 Å². The fraction of sp³-hybridized carbons (Fsp3) is 0.200. The van der Waals surface area contributed by atoms with Crippen molar-refractivity contribution < 1.29 is 4.79 Å². The molecule has 0 unspecified atom stereocenters. The molecule has 1 amide bonds. The summed E-state index contributed by atoms with van der Waals surface area (Å²) in [4.78, 5) is 12.8. The molecule has 1 aromatic carbocycles.